The predicted octanol–water partition coefficient (Wildman–Crippen LogP) is 7.10. The number of ether oxygens (including phenoxy) is 4. The zero-order valence-corrected chi connectivity index (χ0v) is 31.3. The SMILES string of the molecule is COCOc1cc(-c2nc3c4c(nc(OC[C@@]56CCCN5C[C@H](F)C6)nc4c2F)N2C[C@H]4CC[C@@H]([C@H]2CC3)N4C(=O)OC(C)(C)C)c2c(F)c(F)ccc2c1. The molecule has 4 saturated heterocycles. The minimum Gasteiger partial charge on any atom is -0.468 e. The van der Waals surface area contributed by atoms with E-state index in [2.05, 4.69) is 14.8 Å². The van der Waals surface area contributed by atoms with E-state index in [1.807, 2.05) is 25.7 Å². The number of nitrogens with zero attached hydrogens (tertiary/aromatic N) is 6. The van der Waals surface area contributed by atoms with E-state index in [0.717, 1.165) is 38.3 Å². The van der Waals surface area contributed by atoms with E-state index in [9.17, 15) is 13.6 Å². The van der Waals surface area contributed by atoms with E-state index in [4.69, 9.17) is 28.9 Å². The van der Waals surface area contributed by atoms with Crippen molar-refractivity contribution >= 4 is 33.6 Å². The van der Waals surface area contributed by atoms with Crippen LogP contribution >= 0.6 is 0 Å². The molecule has 5 aliphatic rings. The maximum atomic E-state index is 17.4. The standard InChI is InChI=1S/C40H44F4N6O5/c1-39(2,3)55-38(51)50-23-7-10-29(50)28-11-9-27-31-35(46-37(47-36(31)49(28)18-23)53-19-40-12-5-13-48(40)17-22(41)16-40)33(44)34(45-27)25-15-24(54-20-52-4)14-21-6-8-26(42)32(43)30(21)25/h6,8,14-15,22-23,28-29H,5,7,9-13,16-20H2,1-4H3/t22-,23-,28-,29+,40+/m1/s1. The molecule has 0 unspecified atom stereocenters. The molecule has 7 heterocycles. The molecule has 2 aromatic carbocycles. The normalized spacial score (nSPS) is 26.0. The number of rotatable bonds is 7. The molecule has 9 rings (SSSR count). The molecule has 0 aliphatic carbocycles. The number of benzene rings is 2. The second-order valence-corrected chi connectivity index (χ2v) is 16.6. The number of pyridine rings is 1. The molecule has 0 N–H and O–H groups in total. The molecule has 5 aliphatic heterocycles. The number of carbonyl (C=O) groups is 1. The van der Waals surface area contributed by atoms with Crippen molar-refractivity contribution in [2.24, 2.45) is 0 Å². The number of amides is 1. The number of aromatic nitrogens is 3. The Kier molecular flexibility index (Phi) is 8.76. The van der Waals surface area contributed by atoms with Crippen molar-refractivity contribution < 1.29 is 41.3 Å². The van der Waals surface area contributed by atoms with Gasteiger partial charge in [0.05, 0.1) is 34.7 Å². The molecule has 15 heteroatoms. The molecular weight excluding hydrogens is 720 g/mol. The molecule has 1 amide bonds. The lowest BCUT2D eigenvalue weighted by Crippen LogP contribution is -2.62. The summed E-state index contributed by atoms with van der Waals surface area (Å²) in [5.41, 5.74) is -1.04. The Bertz CT molecular complexity index is 2200. The van der Waals surface area contributed by atoms with Crippen LogP contribution in [-0.2, 0) is 15.9 Å². The molecule has 11 nitrogen and oxygen atoms in total. The van der Waals surface area contributed by atoms with Gasteiger partial charge < -0.3 is 23.8 Å². The summed E-state index contributed by atoms with van der Waals surface area (Å²) in [5.74, 6) is -2.42. The molecule has 55 heavy (non-hydrogen) atoms. The number of anilines is 1. The van der Waals surface area contributed by atoms with Gasteiger partial charge in [0.25, 0.3) is 0 Å². The molecule has 0 radical (unpaired) electrons. The molecule has 0 spiro atoms. The van der Waals surface area contributed by atoms with Gasteiger partial charge in [0.15, 0.2) is 24.2 Å². The second kappa shape index (κ2) is 13.3. The molecular formula is C40H44F4N6O5. The number of hydrogen-bond donors (Lipinski definition) is 0. The van der Waals surface area contributed by atoms with Crippen LogP contribution in [0.25, 0.3) is 32.9 Å². The van der Waals surface area contributed by atoms with E-state index in [1.54, 1.807) is 0 Å². The average molecular weight is 765 g/mol. The van der Waals surface area contributed by atoms with Gasteiger partial charge in [-0.3, -0.25) is 9.80 Å². The smallest absolute Gasteiger partial charge is 0.410 e. The molecule has 4 fully saturated rings. The quantitative estimate of drug-likeness (QED) is 0.143. The first-order valence-electron chi connectivity index (χ1n) is 19.1. The van der Waals surface area contributed by atoms with Crippen molar-refractivity contribution in [2.75, 3.05) is 45.0 Å². The van der Waals surface area contributed by atoms with Crippen LogP contribution in [0.2, 0.25) is 0 Å². The zero-order valence-electron chi connectivity index (χ0n) is 31.3. The fourth-order valence-electron chi connectivity index (χ4n) is 9.77. The lowest BCUT2D eigenvalue weighted by molar-refractivity contribution is 0.00720. The third kappa shape index (κ3) is 6.08. The predicted molar refractivity (Wildman–Crippen MR) is 196 cm³/mol. The Hall–Kier alpha value is -4.50. The first-order valence-corrected chi connectivity index (χ1v) is 19.1. The third-order valence-corrected chi connectivity index (χ3v) is 12.0. The van der Waals surface area contributed by atoms with Gasteiger partial charge in [0.1, 0.15) is 41.2 Å². The number of piperazine rings is 1. The zero-order chi connectivity index (χ0) is 38.4. The highest BCUT2D eigenvalue weighted by atomic mass is 19.2. The van der Waals surface area contributed by atoms with Crippen molar-refractivity contribution in [2.45, 2.75) is 101 Å². The summed E-state index contributed by atoms with van der Waals surface area (Å²) in [7, 11) is 1.45. The summed E-state index contributed by atoms with van der Waals surface area (Å²) in [6, 6.07) is 4.69. The maximum Gasteiger partial charge on any atom is 0.410 e. The Morgan fingerprint density at radius 2 is 1.82 bits per heavy atom. The summed E-state index contributed by atoms with van der Waals surface area (Å²) in [5, 5.41) is 0.516. The highest BCUT2D eigenvalue weighted by Gasteiger charge is 2.52. The van der Waals surface area contributed by atoms with Crippen LogP contribution in [0.3, 0.4) is 0 Å². The van der Waals surface area contributed by atoms with Crippen LogP contribution in [0.4, 0.5) is 28.2 Å². The topological polar surface area (TPSA) is 102 Å². The Balaban J connectivity index is 1.20. The van der Waals surface area contributed by atoms with E-state index in [-0.39, 0.29) is 76.9 Å². The molecule has 5 atom stereocenters. The number of hydrogen-bond acceptors (Lipinski definition) is 10. The Morgan fingerprint density at radius 3 is 2.62 bits per heavy atom. The van der Waals surface area contributed by atoms with Crippen molar-refractivity contribution in [3.8, 4) is 23.0 Å². The number of halogens is 4. The summed E-state index contributed by atoms with van der Waals surface area (Å²) < 4.78 is 85.7. The molecule has 2 aromatic heterocycles. The minimum absolute atomic E-state index is 0.0172. The van der Waals surface area contributed by atoms with Crippen molar-refractivity contribution in [1.29, 1.82) is 0 Å². The summed E-state index contributed by atoms with van der Waals surface area (Å²) in [4.78, 5) is 34.2. The fraction of sp³-hybridized carbons (Fsp3) is 0.550. The van der Waals surface area contributed by atoms with Crippen LogP contribution in [0.1, 0.15) is 65.0 Å². The van der Waals surface area contributed by atoms with Crippen molar-refractivity contribution in [1.82, 2.24) is 24.8 Å². The fourth-order valence-corrected chi connectivity index (χ4v) is 9.77. The first-order chi connectivity index (χ1) is 26.3. The van der Waals surface area contributed by atoms with E-state index < -0.39 is 34.8 Å². The van der Waals surface area contributed by atoms with Crippen LogP contribution < -0.4 is 14.4 Å². The van der Waals surface area contributed by atoms with E-state index in [0.29, 0.717) is 49.2 Å². The summed E-state index contributed by atoms with van der Waals surface area (Å²) in [6.45, 7) is 7.05. The third-order valence-electron chi connectivity index (χ3n) is 12.0. The molecule has 292 valence electrons. The van der Waals surface area contributed by atoms with Gasteiger partial charge in [-0.15, -0.1) is 0 Å². The van der Waals surface area contributed by atoms with Gasteiger partial charge in [0.2, 0.25) is 0 Å². The molecule has 4 aromatic rings. The summed E-state index contributed by atoms with van der Waals surface area (Å²) in [6.07, 6.45) is 3.07. The average Bonchev–Trinajstić information content (AvgIpc) is 3.75. The number of fused-ring (bicyclic) bond motifs is 7. The largest absolute Gasteiger partial charge is 0.468 e. The van der Waals surface area contributed by atoms with Gasteiger partial charge in [0, 0.05) is 37.6 Å². The molecule has 0 saturated carbocycles. The number of methoxy groups -OCH3 is 1. The lowest BCUT2D eigenvalue weighted by Gasteiger charge is -2.47. The minimum atomic E-state index is -1.15. The molecule has 2 bridgehead atoms. The van der Waals surface area contributed by atoms with Gasteiger partial charge in [-0.25, -0.2) is 27.3 Å². The van der Waals surface area contributed by atoms with Gasteiger partial charge in [-0.05, 0) is 89.4 Å². The van der Waals surface area contributed by atoms with Crippen LogP contribution in [0.15, 0.2) is 24.3 Å². The number of alkyl halides is 1. The summed E-state index contributed by atoms with van der Waals surface area (Å²) >= 11 is 0. The van der Waals surface area contributed by atoms with E-state index in [1.165, 1.54) is 25.3 Å². The lowest BCUT2D eigenvalue weighted by atomic mass is 9.95. The monoisotopic (exact) mass is 764 g/mol. The maximum absolute atomic E-state index is 17.4. The van der Waals surface area contributed by atoms with Crippen molar-refractivity contribution in [3.05, 3.63) is 47.4 Å². The van der Waals surface area contributed by atoms with E-state index >= 15 is 8.78 Å². The van der Waals surface area contributed by atoms with Gasteiger partial charge >= 0.3 is 12.1 Å². The van der Waals surface area contributed by atoms with Crippen molar-refractivity contribution in [3.63, 3.8) is 0 Å². The number of carbonyl (C=O) groups excluding carboxylic acids is 1. The highest BCUT2D eigenvalue weighted by molar-refractivity contribution is 6.01. The van der Waals surface area contributed by atoms with Crippen LogP contribution in [0.5, 0.6) is 11.8 Å². The number of aryl methyl sites for hydroxylation is 1. The van der Waals surface area contributed by atoms with Crippen LogP contribution in [0, 0.1) is 17.5 Å². The second-order valence-electron chi connectivity index (χ2n) is 16.6. The van der Waals surface area contributed by atoms with Gasteiger partial charge in [-0.2, -0.15) is 9.97 Å². The first kappa shape index (κ1) is 36.2. The van der Waals surface area contributed by atoms with Gasteiger partial charge in [-0.1, -0.05) is 6.07 Å². The van der Waals surface area contributed by atoms with Crippen LogP contribution in [-0.4, -0.2) is 106 Å². The Labute approximate surface area is 315 Å². The highest BCUT2D eigenvalue weighted by Crippen LogP contribution is 2.46. The Morgan fingerprint density at radius 1 is 0.982 bits per heavy atom.